The highest BCUT2D eigenvalue weighted by Crippen LogP contribution is 2.41. The molecule has 2 atom stereocenters. The molecule has 1 aliphatic rings. The highest BCUT2D eigenvalue weighted by atomic mass is 79.9. The summed E-state index contributed by atoms with van der Waals surface area (Å²) < 4.78 is 0.746. The number of carbonyl (C=O) groups excluding carboxylic acids is 1. The first-order valence-corrected chi connectivity index (χ1v) is 7.49. The highest BCUT2D eigenvalue weighted by Gasteiger charge is 2.45. The van der Waals surface area contributed by atoms with Crippen molar-refractivity contribution in [2.75, 3.05) is 0 Å². The molecule has 1 heterocycles. The van der Waals surface area contributed by atoms with Crippen LogP contribution in [0.5, 0.6) is 0 Å². The summed E-state index contributed by atoms with van der Waals surface area (Å²) in [6.07, 6.45) is 0.0336. The third kappa shape index (κ3) is 2.69. The molecule has 108 valence electrons. The van der Waals surface area contributed by atoms with Gasteiger partial charge in [0.05, 0.1) is 17.0 Å². The molecule has 0 aliphatic carbocycles. The van der Waals surface area contributed by atoms with Crippen molar-refractivity contribution in [3.63, 3.8) is 0 Å². The van der Waals surface area contributed by atoms with Crippen LogP contribution in [0.2, 0.25) is 5.02 Å². The number of carboxylic acid groups (broad SMARTS) is 1. The van der Waals surface area contributed by atoms with Gasteiger partial charge in [0.15, 0.2) is 0 Å². The lowest BCUT2D eigenvalue weighted by Gasteiger charge is -2.30. The number of benzene rings is 1. The van der Waals surface area contributed by atoms with Crippen molar-refractivity contribution in [3.8, 4) is 0 Å². The number of aliphatic carboxylic acids is 1. The number of amides is 1. The fraction of sp³-hybridized carbons (Fsp3) is 0.429. The van der Waals surface area contributed by atoms with Crippen LogP contribution in [0.3, 0.4) is 0 Å². The van der Waals surface area contributed by atoms with E-state index in [1.807, 2.05) is 19.9 Å². The second-order valence-corrected chi connectivity index (χ2v) is 6.42. The molecule has 0 spiro atoms. The van der Waals surface area contributed by atoms with E-state index in [1.165, 1.54) is 0 Å². The van der Waals surface area contributed by atoms with E-state index in [4.69, 9.17) is 11.6 Å². The number of carboxylic acids is 1. The Morgan fingerprint density at radius 2 is 2.15 bits per heavy atom. The maximum Gasteiger partial charge on any atom is 0.309 e. The molecular formula is C14H15BrClNO3. The van der Waals surface area contributed by atoms with Gasteiger partial charge >= 0.3 is 5.97 Å². The predicted octanol–water partition coefficient (Wildman–Crippen LogP) is 3.49. The molecule has 1 N–H and O–H groups in total. The minimum absolute atomic E-state index is 0.0336. The summed E-state index contributed by atoms with van der Waals surface area (Å²) in [6, 6.07) is 4.78. The number of rotatable bonds is 3. The van der Waals surface area contributed by atoms with Gasteiger partial charge in [0.25, 0.3) is 0 Å². The van der Waals surface area contributed by atoms with E-state index in [0.29, 0.717) is 5.02 Å². The first-order valence-electron chi connectivity index (χ1n) is 6.32. The van der Waals surface area contributed by atoms with Gasteiger partial charge < -0.3 is 10.0 Å². The van der Waals surface area contributed by atoms with Gasteiger partial charge in [0.2, 0.25) is 5.91 Å². The van der Waals surface area contributed by atoms with Crippen molar-refractivity contribution in [1.82, 2.24) is 4.90 Å². The van der Waals surface area contributed by atoms with Crippen LogP contribution < -0.4 is 0 Å². The maximum absolute atomic E-state index is 12.1. The van der Waals surface area contributed by atoms with Gasteiger partial charge in [0, 0.05) is 16.9 Å². The van der Waals surface area contributed by atoms with E-state index < -0.39 is 17.9 Å². The Morgan fingerprint density at radius 3 is 2.65 bits per heavy atom. The van der Waals surface area contributed by atoms with Gasteiger partial charge in [-0.3, -0.25) is 9.59 Å². The number of carbonyl (C=O) groups is 2. The molecule has 1 aromatic carbocycles. The Bertz CT molecular complexity index is 561. The number of likely N-dealkylation sites (tertiary alicyclic amines) is 1. The zero-order valence-electron chi connectivity index (χ0n) is 11.1. The molecule has 2 unspecified atom stereocenters. The van der Waals surface area contributed by atoms with Gasteiger partial charge in [-0.2, -0.15) is 0 Å². The monoisotopic (exact) mass is 359 g/mol. The lowest BCUT2D eigenvalue weighted by atomic mass is 9.93. The average Bonchev–Trinajstić information content (AvgIpc) is 2.70. The SMILES string of the molecule is CC(C)N1C(=O)CC(C(=O)O)C1c1ccc(Br)c(Cl)c1. The molecule has 1 aromatic rings. The number of halogens is 2. The molecular weight excluding hydrogens is 346 g/mol. The van der Waals surface area contributed by atoms with E-state index in [2.05, 4.69) is 15.9 Å². The van der Waals surface area contributed by atoms with Crippen molar-refractivity contribution in [1.29, 1.82) is 0 Å². The second kappa shape index (κ2) is 5.74. The standard InChI is InChI=1S/C14H15BrClNO3/c1-7(2)17-12(18)6-9(14(19)20)13(17)8-3-4-10(15)11(16)5-8/h3-5,7,9,13H,6H2,1-2H3,(H,19,20). The summed E-state index contributed by atoms with van der Waals surface area (Å²) in [7, 11) is 0. The van der Waals surface area contributed by atoms with E-state index in [0.717, 1.165) is 10.0 Å². The first-order chi connectivity index (χ1) is 9.32. The second-order valence-electron chi connectivity index (χ2n) is 5.16. The van der Waals surface area contributed by atoms with Crippen LogP contribution in [0.1, 0.15) is 31.9 Å². The molecule has 4 nitrogen and oxygen atoms in total. The summed E-state index contributed by atoms with van der Waals surface area (Å²) in [5.41, 5.74) is 0.755. The smallest absolute Gasteiger partial charge is 0.309 e. The van der Waals surface area contributed by atoms with Gasteiger partial charge in [-0.1, -0.05) is 17.7 Å². The van der Waals surface area contributed by atoms with Crippen LogP contribution in [-0.2, 0) is 9.59 Å². The van der Waals surface area contributed by atoms with Crippen molar-refractivity contribution >= 4 is 39.4 Å². The predicted molar refractivity (Wildman–Crippen MR) is 79.6 cm³/mol. The summed E-state index contributed by atoms with van der Waals surface area (Å²) in [6.45, 7) is 3.77. The van der Waals surface area contributed by atoms with E-state index in [9.17, 15) is 14.7 Å². The van der Waals surface area contributed by atoms with Gasteiger partial charge in [-0.25, -0.2) is 0 Å². The highest BCUT2D eigenvalue weighted by molar-refractivity contribution is 9.10. The van der Waals surface area contributed by atoms with Crippen LogP contribution in [0, 0.1) is 5.92 Å². The molecule has 2 rings (SSSR count). The van der Waals surface area contributed by atoms with Crippen molar-refractivity contribution in [2.45, 2.75) is 32.4 Å². The molecule has 0 bridgehead atoms. The van der Waals surface area contributed by atoms with Crippen LogP contribution in [0.15, 0.2) is 22.7 Å². The number of nitrogens with zero attached hydrogens (tertiary/aromatic N) is 1. The molecule has 1 fully saturated rings. The summed E-state index contributed by atoms with van der Waals surface area (Å²) in [5.74, 6) is -1.82. The van der Waals surface area contributed by atoms with Gasteiger partial charge in [-0.05, 0) is 47.5 Å². The fourth-order valence-corrected chi connectivity index (χ4v) is 3.11. The minimum atomic E-state index is -0.953. The lowest BCUT2D eigenvalue weighted by molar-refractivity contribution is -0.142. The van der Waals surface area contributed by atoms with Crippen LogP contribution in [0.4, 0.5) is 0 Å². The van der Waals surface area contributed by atoms with Gasteiger partial charge in [-0.15, -0.1) is 0 Å². The van der Waals surface area contributed by atoms with Crippen LogP contribution in [-0.4, -0.2) is 27.9 Å². The molecule has 20 heavy (non-hydrogen) atoms. The van der Waals surface area contributed by atoms with Crippen LogP contribution in [0.25, 0.3) is 0 Å². The van der Waals surface area contributed by atoms with Crippen molar-refractivity contribution in [2.24, 2.45) is 5.92 Å². The Balaban J connectivity index is 2.48. The zero-order chi connectivity index (χ0) is 15.0. The van der Waals surface area contributed by atoms with E-state index >= 15 is 0 Å². The Morgan fingerprint density at radius 1 is 1.50 bits per heavy atom. The lowest BCUT2D eigenvalue weighted by Crippen LogP contribution is -2.36. The largest absolute Gasteiger partial charge is 0.481 e. The van der Waals surface area contributed by atoms with Crippen molar-refractivity contribution < 1.29 is 14.7 Å². The van der Waals surface area contributed by atoms with Crippen molar-refractivity contribution in [3.05, 3.63) is 33.3 Å². The number of hydrogen-bond donors (Lipinski definition) is 1. The molecule has 1 saturated heterocycles. The first kappa shape index (κ1) is 15.3. The fourth-order valence-electron chi connectivity index (χ4n) is 2.67. The Labute approximate surface area is 130 Å². The molecule has 1 aliphatic heterocycles. The Kier molecular flexibility index (Phi) is 4.39. The molecule has 0 saturated carbocycles. The molecule has 0 aromatic heterocycles. The third-order valence-electron chi connectivity index (χ3n) is 3.52. The zero-order valence-corrected chi connectivity index (χ0v) is 13.5. The minimum Gasteiger partial charge on any atom is -0.481 e. The molecule has 6 heteroatoms. The molecule has 0 radical (unpaired) electrons. The van der Waals surface area contributed by atoms with E-state index in [1.54, 1.807) is 17.0 Å². The van der Waals surface area contributed by atoms with Crippen LogP contribution >= 0.6 is 27.5 Å². The quantitative estimate of drug-likeness (QED) is 0.897. The third-order valence-corrected chi connectivity index (χ3v) is 4.75. The van der Waals surface area contributed by atoms with Gasteiger partial charge in [0.1, 0.15) is 0 Å². The average molecular weight is 361 g/mol. The summed E-state index contributed by atoms with van der Waals surface area (Å²) in [5, 5.41) is 9.87. The number of hydrogen-bond acceptors (Lipinski definition) is 2. The summed E-state index contributed by atoms with van der Waals surface area (Å²) in [4.78, 5) is 25.2. The summed E-state index contributed by atoms with van der Waals surface area (Å²) >= 11 is 9.39. The maximum atomic E-state index is 12.1. The van der Waals surface area contributed by atoms with E-state index in [-0.39, 0.29) is 18.4 Å². The topological polar surface area (TPSA) is 57.6 Å². The normalized spacial score (nSPS) is 22.6. The molecule has 1 amide bonds. The Hall–Kier alpha value is -1.07.